The third kappa shape index (κ3) is 4.19. The Morgan fingerprint density at radius 1 is 1.27 bits per heavy atom. The zero-order chi connectivity index (χ0) is 16.1. The molecule has 7 heteroatoms. The van der Waals surface area contributed by atoms with Crippen LogP contribution in [0.15, 0.2) is 42.7 Å². The number of carbonyl (C=O) groups excluding carboxylic acids is 2. The van der Waals surface area contributed by atoms with Crippen molar-refractivity contribution in [1.82, 2.24) is 4.98 Å². The Morgan fingerprint density at radius 3 is 2.73 bits per heavy atom. The van der Waals surface area contributed by atoms with Crippen molar-refractivity contribution in [2.45, 2.75) is 13.0 Å². The fourth-order valence-corrected chi connectivity index (χ4v) is 1.93. The molecule has 5 nitrogen and oxygen atoms in total. The molecule has 0 aliphatic carbocycles. The van der Waals surface area contributed by atoms with E-state index < -0.39 is 18.0 Å². The first-order valence-electron chi connectivity index (χ1n) is 6.34. The number of nitrogens with zero attached hydrogens (tertiary/aromatic N) is 1. The van der Waals surface area contributed by atoms with E-state index in [1.54, 1.807) is 24.3 Å². The molecule has 2 rings (SSSR count). The molecule has 0 saturated heterocycles. The van der Waals surface area contributed by atoms with Crippen LogP contribution in [0.4, 0.5) is 5.69 Å². The number of anilines is 1. The molecule has 0 bridgehead atoms. The summed E-state index contributed by atoms with van der Waals surface area (Å²) < 4.78 is 5.07. The summed E-state index contributed by atoms with van der Waals surface area (Å²) in [4.78, 5) is 27.7. The fourth-order valence-electron chi connectivity index (χ4n) is 1.59. The van der Waals surface area contributed by atoms with Crippen LogP contribution in [-0.2, 0) is 9.53 Å². The van der Waals surface area contributed by atoms with Gasteiger partial charge in [0, 0.05) is 17.4 Å². The monoisotopic (exact) mass is 338 g/mol. The number of carbonyl (C=O) groups is 2. The second kappa shape index (κ2) is 7.24. The summed E-state index contributed by atoms with van der Waals surface area (Å²) in [6.07, 6.45) is 1.90. The van der Waals surface area contributed by atoms with Gasteiger partial charge in [-0.1, -0.05) is 23.2 Å². The minimum atomic E-state index is -0.997. The Labute approximate surface area is 137 Å². The quantitative estimate of drug-likeness (QED) is 0.865. The second-order valence-corrected chi connectivity index (χ2v) is 5.25. The minimum Gasteiger partial charge on any atom is -0.449 e. The number of rotatable bonds is 4. The van der Waals surface area contributed by atoms with Crippen molar-refractivity contribution < 1.29 is 14.3 Å². The van der Waals surface area contributed by atoms with E-state index in [2.05, 4.69) is 10.3 Å². The van der Waals surface area contributed by atoms with E-state index in [-0.39, 0.29) is 5.56 Å². The van der Waals surface area contributed by atoms with E-state index in [1.165, 1.54) is 25.4 Å². The first kappa shape index (κ1) is 16.3. The lowest BCUT2D eigenvalue weighted by Crippen LogP contribution is -2.30. The fraction of sp³-hybridized carbons (Fsp3) is 0.133. The Morgan fingerprint density at radius 2 is 2.05 bits per heavy atom. The summed E-state index contributed by atoms with van der Waals surface area (Å²) in [5.74, 6) is -1.14. The lowest BCUT2D eigenvalue weighted by molar-refractivity contribution is -0.123. The number of benzene rings is 1. The van der Waals surface area contributed by atoms with Gasteiger partial charge >= 0.3 is 5.97 Å². The number of pyridine rings is 1. The maximum absolute atomic E-state index is 12.0. The van der Waals surface area contributed by atoms with Gasteiger partial charge in [0.05, 0.1) is 16.3 Å². The van der Waals surface area contributed by atoms with Gasteiger partial charge in [-0.3, -0.25) is 9.78 Å². The highest BCUT2D eigenvalue weighted by atomic mass is 35.5. The smallest absolute Gasteiger partial charge is 0.340 e. The predicted octanol–water partition coefficient (Wildman–Crippen LogP) is 3.57. The Kier molecular flexibility index (Phi) is 5.35. The van der Waals surface area contributed by atoms with Crippen molar-refractivity contribution >= 4 is 40.8 Å². The first-order chi connectivity index (χ1) is 10.5. The van der Waals surface area contributed by atoms with Gasteiger partial charge in [0.25, 0.3) is 5.91 Å². The molecule has 1 atom stereocenters. The predicted molar refractivity (Wildman–Crippen MR) is 84.2 cm³/mol. The van der Waals surface area contributed by atoms with Gasteiger partial charge in [-0.25, -0.2) is 4.79 Å². The van der Waals surface area contributed by atoms with Gasteiger partial charge in [-0.2, -0.15) is 0 Å². The summed E-state index contributed by atoms with van der Waals surface area (Å²) in [5.41, 5.74) is 0.617. The maximum Gasteiger partial charge on any atom is 0.340 e. The molecule has 0 aliphatic rings. The molecule has 0 spiro atoms. The number of halogens is 2. The zero-order valence-corrected chi connectivity index (χ0v) is 13.1. The highest BCUT2D eigenvalue weighted by molar-refractivity contribution is 6.35. The molecule has 0 fully saturated rings. The molecule has 1 aromatic carbocycles. The van der Waals surface area contributed by atoms with Gasteiger partial charge in [-0.15, -0.1) is 0 Å². The average Bonchev–Trinajstić information content (AvgIpc) is 2.51. The van der Waals surface area contributed by atoms with E-state index in [4.69, 9.17) is 27.9 Å². The third-order valence-corrected chi connectivity index (χ3v) is 3.30. The van der Waals surface area contributed by atoms with Gasteiger partial charge in [0.1, 0.15) is 0 Å². The summed E-state index contributed by atoms with van der Waals surface area (Å²) in [7, 11) is 0. The molecule has 1 heterocycles. The largest absolute Gasteiger partial charge is 0.449 e. The van der Waals surface area contributed by atoms with Crippen molar-refractivity contribution in [1.29, 1.82) is 0 Å². The van der Waals surface area contributed by atoms with Crippen LogP contribution in [0.5, 0.6) is 0 Å². The molecular weight excluding hydrogens is 327 g/mol. The second-order valence-electron chi connectivity index (χ2n) is 4.40. The number of amides is 1. The van der Waals surface area contributed by atoms with Gasteiger partial charge in [0.2, 0.25) is 0 Å². The highest BCUT2D eigenvalue weighted by Gasteiger charge is 2.20. The van der Waals surface area contributed by atoms with Crippen LogP contribution in [0.2, 0.25) is 10.0 Å². The van der Waals surface area contributed by atoms with Crippen LogP contribution in [0.25, 0.3) is 0 Å². The molecule has 22 heavy (non-hydrogen) atoms. The maximum atomic E-state index is 12.0. The summed E-state index contributed by atoms with van der Waals surface area (Å²) >= 11 is 11.8. The number of ether oxygens (including phenoxy) is 1. The zero-order valence-electron chi connectivity index (χ0n) is 11.5. The molecular formula is C15H12Cl2N2O3. The van der Waals surface area contributed by atoms with Gasteiger partial charge in [-0.05, 0) is 37.3 Å². The van der Waals surface area contributed by atoms with Crippen LogP contribution < -0.4 is 5.32 Å². The normalized spacial score (nSPS) is 11.6. The van der Waals surface area contributed by atoms with Crippen molar-refractivity contribution in [3.8, 4) is 0 Å². The van der Waals surface area contributed by atoms with Crippen LogP contribution in [-0.4, -0.2) is 23.0 Å². The summed E-state index contributed by atoms with van der Waals surface area (Å²) in [5, 5.41) is 3.33. The van der Waals surface area contributed by atoms with Crippen LogP contribution >= 0.6 is 23.2 Å². The lowest BCUT2D eigenvalue weighted by Gasteiger charge is -2.14. The SMILES string of the molecule is C[C@H](OC(=O)c1cccnc1)C(=O)Nc1cc(Cl)ccc1Cl. The third-order valence-electron chi connectivity index (χ3n) is 2.74. The van der Waals surface area contributed by atoms with Crippen molar-refractivity contribution in [3.63, 3.8) is 0 Å². The van der Waals surface area contributed by atoms with Crippen molar-refractivity contribution in [3.05, 3.63) is 58.3 Å². The molecule has 2 aromatic rings. The molecule has 0 aliphatic heterocycles. The lowest BCUT2D eigenvalue weighted by atomic mass is 10.2. The number of aromatic nitrogens is 1. The van der Waals surface area contributed by atoms with E-state index in [0.29, 0.717) is 15.7 Å². The molecule has 1 N–H and O–H groups in total. The standard InChI is InChI=1S/C15H12Cl2N2O3/c1-9(22-15(21)10-3-2-6-18-8-10)14(20)19-13-7-11(16)4-5-12(13)17/h2-9H,1H3,(H,19,20)/t9-/m0/s1. The summed E-state index contributed by atoms with van der Waals surface area (Å²) in [6, 6.07) is 7.83. The molecule has 114 valence electrons. The van der Waals surface area contributed by atoms with E-state index in [9.17, 15) is 9.59 Å². The van der Waals surface area contributed by atoms with E-state index in [0.717, 1.165) is 0 Å². The Hall–Kier alpha value is -2.11. The van der Waals surface area contributed by atoms with Crippen molar-refractivity contribution in [2.24, 2.45) is 0 Å². The molecule has 0 saturated carbocycles. The molecule has 0 unspecified atom stereocenters. The van der Waals surface area contributed by atoms with Crippen LogP contribution in [0, 0.1) is 0 Å². The number of esters is 1. The number of hydrogen-bond donors (Lipinski definition) is 1. The highest BCUT2D eigenvalue weighted by Crippen LogP contribution is 2.25. The molecule has 0 radical (unpaired) electrons. The Balaban J connectivity index is 2.00. The minimum absolute atomic E-state index is 0.267. The van der Waals surface area contributed by atoms with E-state index >= 15 is 0 Å². The average molecular weight is 339 g/mol. The topological polar surface area (TPSA) is 68.3 Å². The van der Waals surface area contributed by atoms with Crippen LogP contribution in [0.1, 0.15) is 17.3 Å². The molecule has 1 amide bonds. The van der Waals surface area contributed by atoms with Crippen LogP contribution in [0.3, 0.4) is 0 Å². The summed E-state index contributed by atoms with van der Waals surface area (Å²) in [6.45, 7) is 1.46. The number of nitrogens with one attached hydrogen (secondary N) is 1. The molecule has 1 aromatic heterocycles. The van der Waals surface area contributed by atoms with Gasteiger partial charge < -0.3 is 10.1 Å². The van der Waals surface area contributed by atoms with E-state index in [1.807, 2.05) is 0 Å². The first-order valence-corrected chi connectivity index (χ1v) is 7.10. The Bertz CT molecular complexity index is 692. The van der Waals surface area contributed by atoms with Gasteiger partial charge in [0.15, 0.2) is 6.10 Å². The van der Waals surface area contributed by atoms with Crippen molar-refractivity contribution in [2.75, 3.05) is 5.32 Å². The number of hydrogen-bond acceptors (Lipinski definition) is 4.